The fourth-order valence-corrected chi connectivity index (χ4v) is 3.84. The van der Waals surface area contributed by atoms with Crippen molar-refractivity contribution >= 4 is 43.2 Å². The van der Waals surface area contributed by atoms with Gasteiger partial charge in [-0.05, 0) is 24.1 Å². The van der Waals surface area contributed by atoms with Crippen molar-refractivity contribution in [2.45, 2.75) is 18.6 Å². The Labute approximate surface area is 108 Å². The van der Waals surface area contributed by atoms with Gasteiger partial charge in [-0.2, -0.15) is 0 Å². The van der Waals surface area contributed by atoms with E-state index in [4.69, 9.17) is 16.7 Å². The first-order chi connectivity index (χ1) is 7.91. The third-order valence-corrected chi connectivity index (χ3v) is 5.05. The van der Waals surface area contributed by atoms with Gasteiger partial charge >= 0.3 is 0 Å². The van der Waals surface area contributed by atoms with Crippen LogP contribution in [0.25, 0.3) is 10.2 Å². The van der Waals surface area contributed by atoms with Gasteiger partial charge in [0.05, 0.1) is 15.5 Å². The summed E-state index contributed by atoms with van der Waals surface area (Å²) in [6, 6.07) is 5.29. The molecule has 0 bridgehead atoms. The third-order valence-electron chi connectivity index (χ3n) is 2.53. The molecule has 0 aliphatic carbocycles. The molecular weight excluding hydrogens is 280 g/mol. The summed E-state index contributed by atoms with van der Waals surface area (Å²) in [6.45, 7) is 1.79. The molecule has 0 amide bonds. The average Bonchev–Trinajstić information content (AvgIpc) is 2.56. The van der Waals surface area contributed by atoms with E-state index in [9.17, 15) is 8.42 Å². The van der Waals surface area contributed by atoms with E-state index < -0.39 is 15.3 Å². The van der Waals surface area contributed by atoms with Crippen LogP contribution in [-0.4, -0.2) is 13.4 Å². The minimum atomic E-state index is -3.58. The summed E-state index contributed by atoms with van der Waals surface area (Å²) >= 11 is 7.13. The lowest BCUT2D eigenvalue weighted by atomic mass is 10.1. The fourth-order valence-electron chi connectivity index (χ4n) is 1.77. The third kappa shape index (κ3) is 2.60. The number of halogens is 1. The molecule has 0 radical (unpaired) electrons. The number of thiazole rings is 1. The summed E-state index contributed by atoms with van der Waals surface area (Å²) in [5.74, 6) is 0. The molecule has 0 saturated heterocycles. The normalized spacial score (nSPS) is 14.1. The number of benzene rings is 1. The molecule has 1 heterocycles. The van der Waals surface area contributed by atoms with Gasteiger partial charge < -0.3 is 0 Å². The van der Waals surface area contributed by atoms with Crippen LogP contribution in [0, 0.1) is 0 Å². The van der Waals surface area contributed by atoms with E-state index in [1.807, 2.05) is 0 Å². The van der Waals surface area contributed by atoms with E-state index >= 15 is 0 Å². The van der Waals surface area contributed by atoms with Gasteiger partial charge in [-0.15, -0.1) is 11.3 Å². The fraction of sp³-hybridized carbons (Fsp3) is 0.300. The van der Waals surface area contributed by atoms with Crippen LogP contribution in [0.5, 0.6) is 0 Å². The molecule has 2 N–H and O–H groups in total. The Hall–Kier alpha value is -0.690. The highest BCUT2D eigenvalue weighted by molar-refractivity contribution is 7.89. The molecule has 17 heavy (non-hydrogen) atoms. The quantitative estimate of drug-likeness (QED) is 0.944. The van der Waals surface area contributed by atoms with Crippen molar-refractivity contribution in [1.82, 2.24) is 4.98 Å². The van der Waals surface area contributed by atoms with Crippen LogP contribution in [0.1, 0.15) is 24.2 Å². The lowest BCUT2D eigenvalue weighted by Gasteiger charge is -2.12. The first kappa shape index (κ1) is 12.8. The first-order valence-corrected chi connectivity index (χ1v) is 7.80. The zero-order chi connectivity index (χ0) is 12.6. The average molecular weight is 291 g/mol. The van der Waals surface area contributed by atoms with Gasteiger partial charge in [0.2, 0.25) is 10.0 Å². The summed E-state index contributed by atoms with van der Waals surface area (Å²) in [4.78, 5) is 4.10. The molecule has 1 aromatic carbocycles. The second-order valence-electron chi connectivity index (χ2n) is 3.68. The smallest absolute Gasteiger partial charge is 0.216 e. The summed E-state index contributed by atoms with van der Waals surface area (Å²) < 4.78 is 24.2. The van der Waals surface area contributed by atoms with Gasteiger partial charge in [0.25, 0.3) is 0 Å². The van der Waals surface area contributed by atoms with Gasteiger partial charge in [-0.1, -0.05) is 24.6 Å². The Morgan fingerprint density at radius 1 is 1.53 bits per heavy atom. The predicted molar refractivity (Wildman–Crippen MR) is 70.8 cm³/mol. The molecule has 92 valence electrons. The summed E-state index contributed by atoms with van der Waals surface area (Å²) in [5, 5.41) is 4.53. The molecule has 7 heteroatoms. The maximum atomic E-state index is 11.4. The Bertz CT molecular complexity index is 651. The molecule has 2 aromatic rings. The van der Waals surface area contributed by atoms with Crippen molar-refractivity contribution in [3.63, 3.8) is 0 Å². The van der Waals surface area contributed by atoms with E-state index in [-0.39, 0.29) is 0 Å². The SMILES string of the molecule is CCC(c1ccc2nc(Cl)sc2c1)S(N)(=O)=O. The number of hydrogen-bond acceptors (Lipinski definition) is 4. The number of sulfonamides is 1. The van der Waals surface area contributed by atoms with Crippen LogP contribution < -0.4 is 5.14 Å². The molecule has 1 aromatic heterocycles. The molecule has 0 aliphatic rings. The van der Waals surface area contributed by atoms with E-state index in [1.54, 1.807) is 25.1 Å². The summed E-state index contributed by atoms with van der Waals surface area (Å²) in [7, 11) is -3.58. The molecule has 1 unspecified atom stereocenters. The van der Waals surface area contributed by atoms with Crippen LogP contribution >= 0.6 is 22.9 Å². The lowest BCUT2D eigenvalue weighted by Crippen LogP contribution is -2.21. The molecule has 0 spiro atoms. The minimum absolute atomic E-state index is 0.441. The molecule has 0 aliphatic heterocycles. The maximum absolute atomic E-state index is 11.4. The van der Waals surface area contributed by atoms with E-state index in [0.717, 1.165) is 10.2 Å². The Balaban J connectivity index is 2.55. The van der Waals surface area contributed by atoms with Crippen molar-refractivity contribution in [3.05, 3.63) is 28.2 Å². The highest BCUT2D eigenvalue weighted by Crippen LogP contribution is 2.31. The first-order valence-electron chi connectivity index (χ1n) is 4.99. The number of nitrogens with zero attached hydrogens (tertiary/aromatic N) is 1. The van der Waals surface area contributed by atoms with Crippen LogP contribution in [-0.2, 0) is 10.0 Å². The van der Waals surface area contributed by atoms with Crippen LogP contribution in [0.2, 0.25) is 4.47 Å². The largest absolute Gasteiger partial charge is 0.228 e. The summed E-state index contributed by atoms with van der Waals surface area (Å²) in [5.41, 5.74) is 1.45. The van der Waals surface area contributed by atoms with Crippen molar-refractivity contribution in [3.8, 4) is 0 Å². The number of fused-ring (bicyclic) bond motifs is 1. The zero-order valence-corrected chi connectivity index (χ0v) is 11.4. The van der Waals surface area contributed by atoms with Crippen molar-refractivity contribution < 1.29 is 8.42 Å². The molecule has 2 rings (SSSR count). The summed E-state index contributed by atoms with van der Waals surface area (Å²) in [6.07, 6.45) is 0.441. The molecule has 0 saturated carbocycles. The monoisotopic (exact) mass is 290 g/mol. The number of primary sulfonamides is 1. The molecule has 4 nitrogen and oxygen atoms in total. The number of hydrogen-bond donors (Lipinski definition) is 1. The van der Waals surface area contributed by atoms with E-state index in [0.29, 0.717) is 16.5 Å². The van der Waals surface area contributed by atoms with Crippen LogP contribution in [0.4, 0.5) is 0 Å². The maximum Gasteiger partial charge on any atom is 0.216 e. The van der Waals surface area contributed by atoms with Gasteiger partial charge in [0, 0.05) is 0 Å². The molecule has 0 fully saturated rings. The molecule has 1 atom stereocenters. The van der Waals surface area contributed by atoms with Gasteiger partial charge in [0.15, 0.2) is 4.47 Å². The standard InChI is InChI=1S/C10H11ClN2O2S2/c1-2-9(17(12,14)15)6-3-4-7-8(5-6)16-10(11)13-7/h3-5,9H,2H2,1H3,(H2,12,14,15). The lowest BCUT2D eigenvalue weighted by molar-refractivity contribution is 0.581. The van der Waals surface area contributed by atoms with Gasteiger partial charge in [-0.3, -0.25) is 0 Å². The van der Waals surface area contributed by atoms with Crippen LogP contribution in [0.15, 0.2) is 18.2 Å². The Kier molecular flexibility index (Phi) is 3.40. The van der Waals surface area contributed by atoms with Crippen molar-refractivity contribution in [2.24, 2.45) is 5.14 Å². The Morgan fingerprint density at radius 3 is 2.82 bits per heavy atom. The number of nitrogens with two attached hydrogens (primary N) is 1. The second-order valence-corrected chi connectivity index (χ2v) is 7.04. The minimum Gasteiger partial charge on any atom is -0.228 e. The van der Waals surface area contributed by atoms with Crippen molar-refractivity contribution in [2.75, 3.05) is 0 Å². The van der Waals surface area contributed by atoms with E-state index in [2.05, 4.69) is 4.98 Å². The topological polar surface area (TPSA) is 73.0 Å². The van der Waals surface area contributed by atoms with Crippen LogP contribution in [0.3, 0.4) is 0 Å². The number of rotatable bonds is 3. The highest BCUT2D eigenvalue weighted by Gasteiger charge is 2.22. The predicted octanol–water partition coefficient (Wildman–Crippen LogP) is 2.69. The van der Waals surface area contributed by atoms with Gasteiger partial charge in [0.1, 0.15) is 0 Å². The Morgan fingerprint density at radius 2 is 2.24 bits per heavy atom. The highest BCUT2D eigenvalue weighted by atomic mass is 35.5. The zero-order valence-electron chi connectivity index (χ0n) is 9.05. The second kappa shape index (κ2) is 4.53. The van der Waals surface area contributed by atoms with Gasteiger partial charge in [-0.25, -0.2) is 18.5 Å². The van der Waals surface area contributed by atoms with Crippen molar-refractivity contribution in [1.29, 1.82) is 0 Å². The number of aromatic nitrogens is 1. The molecular formula is C10H11ClN2O2S2. The van der Waals surface area contributed by atoms with E-state index in [1.165, 1.54) is 11.3 Å².